The zero-order valence-corrected chi connectivity index (χ0v) is 16.1. The molecule has 0 spiro atoms. The first-order valence-electron chi connectivity index (χ1n) is 9.16. The average molecular weight is 378 g/mol. The molecule has 0 fully saturated rings. The number of nitrogens with one attached hydrogen (secondary N) is 2. The Hall–Kier alpha value is -2.50. The molecule has 2 atom stereocenters. The second-order valence-corrected chi connectivity index (χ2v) is 6.51. The minimum absolute atomic E-state index is 0.0126. The lowest BCUT2D eigenvalue weighted by Crippen LogP contribution is -2.47. The van der Waals surface area contributed by atoms with E-state index in [4.69, 9.17) is 0 Å². The van der Waals surface area contributed by atoms with Crippen LogP contribution in [0.4, 0.5) is 8.78 Å². The first-order chi connectivity index (χ1) is 12.8. The number of hydrogen-bond acceptors (Lipinski definition) is 2. The lowest BCUT2D eigenvalue weighted by atomic mass is 10.0. The van der Waals surface area contributed by atoms with Gasteiger partial charge in [-0.15, -0.1) is 0 Å². The fourth-order valence-electron chi connectivity index (χ4n) is 2.37. The first-order valence-corrected chi connectivity index (χ1v) is 9.16. The van der Waals surface area contributed by atoms with Gasteiger partial charge in [0.1, 0.15) is 17.7 Å². The van der Waals surface area contributed by atoms with Gasteiger partial charge in [0, 0.05) is 19.0 Å². The zero-order valence-electron chi connectivity index (χ0n) is 16.1. The van der Waals surface area contributed by atoms with Gasteiger partial charge in [-0.3, -0.25) is 9.59 Å². The van der Waals surface area contributed by atoms with Crippen molar-refractivity contribution < 1.29 is 18.4 Å². The molecule has 0 heterocycles. The number of amides is 2. The van der Waals surface area contributed by atoms with Crippen molar-refractivity contribution in [1.82, 2.24) is 10.6 Å². The Morgan fingerprint density at radius 2 is 1.81 bits per heavy atom. The molecule has 1 rings (SSSR count). The normalized spacial score (nSPS) is 13.7. The maximum absolute atomic E-state index is 13.4. The van der Waals surface area contributed by atoms with Gasteiger partial charge in [-0.05, 0) is 43.0 Å². The van der Waals surface area contributed by atoms with E-state index in [9.17, 15) is 18.4 Å². The van der Waals surface area contributed by atoms with Crippen molar-refractivity contribution in [3.8, 4) is 0 Å². The third-order valence-corrected chi connectivity index (χ3v) is 4.13. The Morgan fingerprint density at radius 3 is 2.41 bits per heavy atom. The lowest BCUT2D eigenvalue weighted by molar-refractivity contribution is -0.126. The summed E-state index contributed by atoms with van der Waals surface area (Å²) in [5.41, 5.74) is 0.294. The van der Waals surface area contributed by atoms with Crippen molar-refractivity contribution in [3.63, 3.8) is 0 Å². The molecule has 0 aliphatic carbocycles. The molecule has 0 aromatic heterocycles. The molecule has 2 N–H and O–H groups in total. The summed E-state index contributed by atoms with van der Waals surface area (Å²) in [5, 5.41) is 5.29. The molecular formula is C21H28F2N2O2. The number of rotatable bonds is 10. The van der Waals surface area contributed by atoms with Gasteiger partial charge in [0.15, 0.2) is 0 Å². The van der Waals surface area contributed by atoms with Crippen molar-refractivity contribution in [2.75, 3.05) is 6.54 Å². The van der Waals surface area contributed by atoms with E-state index in [0.717, 1.165) is 31.0 Å². The highest BCUT2D eigenvalue weighted by Crippen LogP contribution is 2.11. The van der Waals surface area contributed by atoms with Gasteiger partial charge in [-0.25, -0.2) is 8.78 Å². The molecule has 0 radical (unpaired) electrons. The largest absolute Gasteiger partial charge is 0.351 e. The molecule has 27 heavy (non-hydrogen) atoms. The first kappa shape index (κ1) is 22.5. The van der Waals surface area contributed by atoms with E-state index in [1.54, 1.807) is 18.2 Å². The quantitative estimate of drug-likeness (QED) is 0.482. The third-order valence-electron chi connectivity index (χ3n) is 4.13. The van der Waals surface area contributed by atoms with E-state index >= 15 is 0 Å². The van der Waals surface area contributed by atoms with E-state index in [2.05, 4.69) is 24.5 Å². The summed E-state index contributed by atoms with van der Waals surface area (Å²) in [6.45, 7) is 6.28. The number of hydrogen-bond donors (Lipinski definition) is 2. The van der Waals surface area contributed by atoms with Crippen LogP contribution in [0, 0.1) is 17.6 Å². The average Bonchev–Trinajstić information content (AvgIpc) is 2.60. The summed E-state index contributed by atoms with van der Waals surface area (Å²) >= 11 is 0. The van der Waals surface area contributed by atoms with E-state index in [-0.39, 0.29) is 6.42 Å². The minimum Gasteiger partial charge on any atom is -0.351 e. The summed E-state index contributed by atoms with van der Waals surface area (Å²) in [6, 6.07) is 2.14. The maximum atomic E-state index is 13.4. The van der Waals surface area contributed by atoms with Crippen LogP contribution in [-0.2, 0) is 16.0 Å². The van der Waals surface area contributed by atoms with Crippen LogP contribution >= 0.6 is 0 Å². The Kier molecular flexibility index (Phi) is 10.0. The molecule has 0 bridgehead atoms. The van der Waals surface area contributed by atoms with Crippen LogP contribution in [-0.4, -0.2) is 24.4 Å². The van der Waals surface area contributed by atoms with E-state index < -0.39 is 29.5 Å². The second-order valence-electron chi connectivity index (χ2n) is 6.51. The highest BCUT2D eigenvalue weighted by atomic mass is 19.1. The fourth-order valence-corrected chi connectivity index (χ4v) is 2.37. The number of benzene rings is 1. The van der Waals surface area contributed by atoms with Gasteiger partial charge in [0.05, 0.1) is 0 Å². The smallest absolute Gasteiger partial charge is 0.244 e. The van der Waals surface area contributed by atoms with E-state index in [0.29, 0.717) is 18.0 Å². The van der Waals surface area contributed by atoms with Crippen LogP contribution in [0.2, 0.25) is 0 Å². The molecule has 1 aromatic rings. The van der Waals surface area contributed by atoms with Crippen LogP contribution in [0.1, 0.15) is 39.2 Å². The molecule has 2 unspecified atom stereocenters. The molecule has 4 nitrogen and oxygen atoms in total. The number of carbonyl (C=O) groups is 2. The van der Waals surface area contributed by atoms with Gasteiger partial charge in [0.25, 0.3) is 0 Å². The number of allylic oxidation sites excluding steroid dienone is 2. The van der Waals surface area contributed by atoms with Gasteiger partial charge in [-0.1, -0.05) is 38.5 Å². The number of carbonyl (C=O) groups excluding carboxylic acids is 2. The highest BCUT2D eigenvalue weighted by Gasteiger charge is 2.20. The summed E-state index contributed by atoms with van der Waals surface area (Å²) < 4.78 is 26.8. The molecule has 1 aromatic carbocycles. The Balaban J connectivity index is 2.83. The van der Waals surface area contributed by atoms with Crippen molar-refractivity contribution >= 4 is 11.8 Å². The van der Waals surface area contributed by atoms with E-state index in [1.165, 1.54) is 6.08 Å². The topological polar surface area (TPSA) is 58.2 Å². The van der Waals surface area contributed by atoms with Crippen molar-refractivity contribution in [2.24, 2.45) is 5.92 Å². The van der Waals surface area contributed by atoms with Crippen LogP contribution in [0.15, 0.2) is 42.5 Å². The molecule has 148 valence electrons. The van der Waals surface area contributed by atoms with Crippen LogP contribution in [0.25, 0.3) is 0 Å². The fraction of sp³-hybridized carbons (Fsp3) is 0.429. The molecule has 6 heteroatoms. The monoisotopic (exact) mass is 378 g/mol. The van der Waals surface area contributed by atoms with Gasteiger partial charge in [-0.2, -0.15) is 0 Å². The van der Waals surface area contributed by atoms with Crippen molar-refractivity contribution in [3.05, 3.63) is 59.7 Å². The molecule has 0 aliphatic rings. The highest BCUT2D eigenvalue weighted by molar-refractivity contribution is 5.93. The van der Waals surface area contributed by atoms with Gasteiger partial charge < -0.3 is 10.6 Å². The Bertz CT molecular complexity index is 667. The Morgan fingerprint density at radius 1 is 1.15 bits per heavy atom. The van der Waals surface area contributed by atoms with Crippen LogP contribution in [0.3, 0.4) is 0 Å². The maximum Gasteiger partial charge on any atom is 0.244 e. The van der Waals surface area contributed by atoms with Crippen molar-refractivity contribution in [2.45, 2.75) is 46.1 Å². The summed E-state index contributed by atoms with van der Waals surface area (Å²) in [6.07, 6.45) is 8.45. The molecule has 0 saturated heterocycles. The molecule has 2 amide bonds. The van der Waals surface area contributed by atoms with Crippen molar-refractivity contribution in [1.29, 1.82) is 0 Å². The summed E-state index contributed by atoms with van der Waals surface area (Å²) in [5.74, 6) is -1.82. The van der Waals surface area contributed by atoms with Gasteiger partial charge in [0.2, 0.25) is 11.8 Å². The standard InChI is InChI=1S/C21H28F2N2O2/c1-4-6-10-24-21(27)19(13-16-11-17(22)14-18(23)12-16)25-20(26)9-7-8-15(3)5-2/h4,6-7,9,11-12,14-15,19H,5,8,10,13H2,1-3H3,(H,24,27)(H,25,26)/b6-4+,9-7+. The van der Waals surface area contributed by atoms with Crippen LogP contribution < -0.4 is 10.6 Å². The molecule has 0 aliphatic heterocycles. The van der Waals surface area contributed by atoms with Crippen LogP contribution in [0.5, 0.6) is 0 Å². The Labute approximate surface area is 159 Å². The van der Waals surface area contributed by atoms with Gasteiger partial charge >= 0.3 is 0 Å². The predicted molar refractivity (Wildman–Crippen MR) is 103 cm³/mol. The number of halogens is 2. The predicted octanol–water partition coefficient (Wildman–Crippen LogP) is 3.68. The molecular weight excluding hydrogens is 350 g/mol. The minimum atomic E-state index is -0.933. The lowest BCUT2D eigenvalue weighted by Gasteiger charge is -2.17. The zero-order chi connectivity index (χ0) is 20.2. The SMILES string of the molecule is C/C=C/CNC(=O)C(Cc1cc(F)cc(F)c1)NC(=O)/C=C/CC(C)CC. The second kappa shape index (κ2) is 12.0. The summed E-state index contributed by atoms with van der Waals surface area (Å²) in [4.78, 5) is 24.5. The molecule has 0 saturated carbocycles. The van der Waals surface area contributed by atoms with E-state index in [1.807, 2.05) is 6.92 Å². The summed E-state index contributed by atoms with van der Waals surface area (Å²) in [7, 11) is 0. The third kappa shape index (κ3) is 9.13.